The topological polar surface area (TPSA) is 120 Å². The van der Waals surface area contributed by atoms with Crippen molar-refractivity contribution in [1.82, 2.24) is 14.8 Å². The highest BCUT2D eigenvalue weighted by atomic mass is 32.1. The average molecular weight is 533 g/mol. The number of methoxy groups -OCH3 is 2. The second-order valence-corrected chi connectivity index (χ2v) is 9.66. The molecular formula is C25H32N4O7S. The molecule has 3 heterocycles. The third kappa shape index (κ3) is 7.04. The van der Waals surface area contributed by atoms with Crippen molar-refractivity contribution in [2.24, 2.45) is 0 Å². The first kappa shape index (κ1) is 27.0. The standard InChI is InChI=1S/C25H32N4O7S/c1-33-12-11-29(23(32)18-3-5-20(34-2)6-4-18)16-21(30)27-24-26-19(17-37-24)15-22(31)28-9-7-25(8-10-28)35-13-14-36-25/h3-6,17H,7-16H2,1-2H3,(H,26,27,30). The van der Waals surface area contributed by atoms with Crippen LogP contribution < -0.4 is 10.1 Å². The number of benzene rings is 1. The molecule has 1 aromatic carbocycles. The summed E-state index contributed by atoms with van der Waals surface area (Å²) in [6.45, 7) is 2.72. The predicted octanol–water partition coefficient (Wildman–Crippen LogP) is 1.79. The van der Waals surface area contributed by atoms with E-state index >= 15 is 0 Å². The number of nitrogens with one attached hydrogen (secondary N) is 1. The normalized spacial score (nSPS) is 16.5. The fraction of sp³-hybridized carbons (Fsp3) is 0.520. The van der Waals surface area contributed by atoms with E-state index in [1.165, 1.54) is 23.3 Å². The van der Waals surface area contributed by atoms with Crippen molar-refractivity contribution >= 4 is 34.2 Å². The number of thiazole rings is 1. The van der Waals surface area contributed by atoms with Gasteiger partial charge < -0.3 is 34.1 Å². The third-order valence-corrected chi connectivity index (χ3v) is 7.15. The Balaban J connectivity index is 1.29. The Morgan fingerprint density at radius 3 is 2.49 bits per heavy atom. The fourth-order valence-corrected chi connectivity index (χ4v) is 5.02. The summed E-state index contributed by atoms with van der Waals surface area (Å²) in [5.74, 6) is -0.593. The minimum absolute atomic E-state index is 0.0214. The maximum Gasteiger partial charge on any atom is 0.254 e. The number of amides is 3. The maximum atomic E-state index is 13.0. The first-order valence-corrected chi connectivity index (χ1v) is 13.0. The molecule has 2 aliphatic rings. The molecule has 0 aliphatic carbocycles. The van der Waals surface area contributed by atoms with Crippen LogP contribution >= 0.6 is 11.3 Å². The van der Waals surface area contributed by atoms with E-state index in [1.807, 2.05) is 0 Å². The smallest absolute Gasteiger partial charge is 0.254 e. The van der Waals surface area contributed by atoms with E-state index in [1.54, 1.807) is 41.7 Å². The number of hydrogen-bond donors (Lipinski definition) is 1. The highest BCUT2D eigenvalue weighted by Gasteiger charge is 2.40. The van der Waals surface area contributed by atoms with Gasteiger partial charge in [-0.3, -0.25) is 14.4 Å². The van der Waals surface area contributed by atoms with E-state index in [-0.39, 0.29) is 43.8 Å². The van der Waals surface area contributed by atoms with Crippen molar-refractivity contribution < 1.29 is 33.3 Å². The van der Waals surface area contributed by atoms with Gasteiger partial charge in [-0.15, -0.1) is 11.3 Å². The Hall–Kier alpha value is -3.06. The van der Waals surface area contributed by atoms with Crippen LogP contribution in [0.25, 0.3) is 0 Å². The Morgan fingerprint density at radius 2 is 1.84 bits per heavy atom. The number of hydrogen-bond acceptors (Lipinski definition) is 9. The van der Waals surface area contributed by atoms with Gasteiger partial charge in [-0.2, -0.15) is 0 Å². The zero-order chi connectivity index (χ0) is 26.3. The van der Waals surface area contributed by atoms with E-state index in [2.05, 4.69) is 10.3 Å². The molecule has 2 aliphatic heterocycles. The van der Waals surface area contributed by atoms with Gasteiger partial charge in [-0.1, -0.05) is 0 Å². The minimum Gasteiger partial charge on any atom is -0.497 e. The summed E-state index contributed by atoms with van der Waals surface area (Å²) in [5.41, 5.74) is 1.03. The summed E-state index contributed by atoms with van der Waals surface area (Å²) < 4.78 is 21.7. The van der Waals surface area contributed by atoms with Gasteiger partial charge in [0.1, 0.15) is 12.3 Å². The SMILES string of the molecule is COCCN(CC(=O)Nc1nc(CC(=O)N2CCC3(CC2)OCCO3)cs1)C(=O)c1ccc(OC)cc1. The lowest BCUT2D eigenvalue weighted by Gasteiger charge is -2.37. The van der Waals surface area contributed by atoms with Crippen molar-refractivity contribution in [2.75, 3.05) is 65.5 Å². The van der Waals surface area contributed by atoms with Crippen LogP contribution in [0.4, 0.5) is 5.13 Å². The second-order valence-electron chi connectivity index (χ2n) is 8.81. The van der Waals surface area contributed by atoms with Crippen LogP contribution in [0.3, 0.4) is 0 Å². The maximum absolute atomic E-state index is 13.0. The Kier molecular flexibility index (Phi) is 9.09. The molecule has 2 saturated heterocycles. The fourth-order valence-electron chi connectivity index (χ4n) is 4.30. The molecule has 0 bridgehead atoms. The number of rotatable bonds is 10. The van der Waals surface area contributed by atoms with Crippen LogP contribution in [0.5, 0.6) is 5.75 Å². The van der Waals surface area contributed by atoms with Crippen LogP contribution in [-0.2, 0) is 30.2 Å². The van der Waals surface area contributed by atoms with Crippen LogP contribution in [-0.4, -0.2) is 98.5 Å². The van der Waals surface area contributed by atoms with Gasteiger partial charge in [-0.25, -0.2) is 4.98 Å². The highest BCUT2D eigenvalue weighted by molar-refractivity contribution is 7.13. The Labute approximate surface area is 219 Å². The first-order valence-electron chi connectivity index (χ1n) is 12.1. The molecule has 12 heteroatoms. The van der Waals surface area contributed by atoms with Crippen molar-refractivity contribution in [3.8, 4) is 5.75 Å². The van der Waals surface area contributed by atoms with Gasteiger partial charge in [0.15, 0.2) is 10.9 Å². The number of nitrogens with zero attached hydrogens (tertiary/aromatic N) is 3. The zero-order valence-corrected chi connectivity index (χ0v) is 21.9. The van der Waals surface area contributed by atoms with Crippen LogP contribution in [0.15, 0.2) is 29.6 Å². The monoisotopic (exact) mass is 532 g/mol. The average Bonchev–Trinajstić information content (AvgIpc) is 3.55. The highest BCUT2D eigenvalue weighted by Crippen LogP contribution is 2.31. The predicted molar refractivity (Wildman–Crippen MR) is 136 cm³/mol. The summed E-state index contributed by atoms with van der Waals surface area (Å²) in [6.07, 6.45) is 1.47. The van der Waals surface area contributed by atoms with Gasteiger partial charge >= 0.3 is 0 Å². The summed E-state index contributed by atoms with van der Waals surface area (Å²) >= 11 is 1.24. The lowest BCUT2D eigenvalue weighted by molar-refractivity contribution is -0.187. The van der Waals surface area contributed by atoms with E-state index in [0.29, 0.717) is 61.3 Å². The largest absolute Gasteiger partial charge is 0.497 e. The minimum atomic E-state index is -0.527. The summed E-state index contributed by atoms with van der Waals surface area (Å²) in [5, 5.41) is 4.87. The number of anilines is 1. The number of carbonyl (C=O) groups excluding carboxylic acids is 3. The summed E-state index contributed by atoms with van der Waals surface area (Å²) in [7, 11) is 3.09. The van der Waals surface area contributed by atoms with Gasteiger partial charge in [0.05, 0.1) is 39.0 Å². The number of carbonyl (C=O) groups is 3. The number of piperidine rings is 1. The molecule has 4 rings (SSSR count). The Bertz CT molecular complexity index is 1070. The molecule has 1 aromatic heterocycles. The molecule has 0 radical (unpaired) electrons. The first-order chi connectivity index (χ1) is 17.9. The molecule has 11 nitrogen and oxygen atoms in total. The summed E-state index contributed by atoms with van der Waals surface area (Å²) in [4.78, 5) is 46.1. The van der Waals surface area contributed by atoms with Crippen LogP contribution in [0.1, 0.15) is 28.9 Å². The van der Waals surface area contributed by atoms with Crippen molar-refractivity contribution in [2.45, 2.75) is 25.0 Å². The van der Waals surface area contributed by atoms with Gasteiger partial charge in [0.25, 0.3) is 5.91 Å². The third-order valence-electron chi connectivity index (χ3n) is 6.35. The van der Waals surface area contributed by atoms with Crippen molar-refractivity contribution in [3.05, 3.63) is 40.9 Å². The second kappa shape index (κ2) is 12.5. The van der Waals surface area contributed by atoms with Crippen molar-refractivity contribution in [3.63, 3.8) is 0 Å². The Morgan fingerprint density at radius 1 is 1.14 bits per heavy atom. The molecular weight excluding hydrogens is 500 g/mol. The lowest BCUT2D eigenvalue weighted by Crippen LogP contribution is -2.47. The van der Waals surface area contributed by atoms with Gasteiger partial charge in [0.2, 0.25) is 11.8 Å². The molecule has 1 N–H and O–H groups in total. The van der Waals surface area contributed by atoms with Crippen molar-refractivity contribution in [1.29, 1.82) is 0 Å². The van der Waals surface area contributed by atoms with Gasteiger partial charge in [0, 0.05) is 50.5 Å². The molecule has 1 spiro atoms. The zero-order valence-electron chi connectivity index (χ0n) is 21.1. The van der Waals surface area contributed by atoms with E-state index in [9.17, 15) is 14.4 Å². The molecule has 2 aromatic rings. The summed E-state index contributed by atoms with van der Waals surface area (Å²) in [6, 6.07) is 6.69. The number of ether oxygens (including phenoxy) is 4. The molecule has 200 valence electrons. The molecule has 0 saturated carbocycles. The van der Waals surface area contributed by atoms with Crippen LogP contribution in [0.2, 0.25) is 0 Å². The number of likely N-dealkylation sites (tertiary alicyclic amines) is 1. The van der Waals surface area contributed by atoms with E-state index < -0.39 is 5.79 Å². The molecule has 0 atom stereocenters. The number of aromatic nitrogens is 1. The van der Waals surface area contributed by atoms with Gasteiger partial charge in [-0.05, 0) is 24.3 Å². The lowest BCUT2D eigenvalue weighted by atomic mass is 10.0. The van der Waals surface area contributed by atoms with E-state index in [0.717, 1.165) is 0 Å². The van der Waals surface area contributed by atoms with Crippen LogP contribution in [0, 0.1) is 0 Å². The van der Waals surface area contributed by atoms with E-state index in [4.69, 9.17) is 18.9 Å². The quantitative estimate of drug-likeness (QED) is 0.492. The molecule has 3 amide bonds. The molecule has 2 fully saturated rings. The molecule has 37 heavy (non-hydrogen) atoms. The molecule has 0 unspecified atom stereocenters.